The zero-order valence-corrected chi connectivity index (χ0v) is 25.5. The number of aromatic nitrogens is 1. The van der Waals surface area contributed by atoms with Gasteiger partial charge >= 0.3 is 12.1 Å². The number of ether oxygens (including phenoxy) is 2. The molecule has 3 aromatic rings. The van der Waals surface area contributed by atoms with Crippen molar-refractivity contribution in [3.63, 3.8) is 0 Å². The zero-order valence-electron chi connectivity index (χ0n) is 25.5. The molecular formula is C35H41N3O5. The Hall–Kier alpha value is -4.07. The number of amides is 1. The van der Waals surface area contributed by atoms with E-state index in [1.54, 1.807) is 12.0 Å². The van der Waals surface area contributed by atoms with Crippen molar-refractivity contribution in [2.75, 3.05) is 25.1 Å². The number of nitrogens with zero attached hydrogens (tertiary/aromatic N) is 3. The molecule has 1 amide bonds. The van der Waals surface area contributed by atoms with Crippen molar-refractivity contribution in [3.8, 4) is 16.9 Å². The summed E-state index contributed by atoms with van der Waals surface area (Å²) in [6.07, 6.45) is 3.52. The third-order valence-electron chi connectivity index (χ3n) is 9.49. The molecule has 0 spiro atoms. The molecule has 1 N–H and O–H groups in total. The minimum atomic E-state index is -0.693. The number of hydrogen-bond acceptors (Lipinski definition) is 6. The van der Waals surface area contributed by atoms with Gasteiger partial charge in [-0.15, -0.1) is 0 Å². The molecule has 1 saturated carbocycles. The van der Waals surface area contributed by atoms with Crippen molar-refractivity contribution in [3.05, 3.63) is 76.5 Å². The Bertz CT molecular complexity index is 1510. The Morgan fingerprint density at radius 3 is 2.33 bits per heavy atom. The number of carboxylic acids is 1. The Labute approximate surface area is 253 Å². The number of carbonyl (C=O) groups is 2. The van der Waals surface area contributed by atoms with Crippen molar-refractivity contribution >= 4 is 17.9 Å². The molecule has 2 aromatic carbocycles. The molecule has 2 saturated heterocycles. The molecule has 1 aliphatic carbocycles. The van der Waals surface area contributed by atoms with E-state index >= 15 is 0 Å². The van der Waals surface area contributed by atoms with Crippen molar-refractivity contribution in [1.82, 2.24) is 9.88 Å². The number of anilines is 1. The highest BCUT2D eigenvalue weighted by Gasteiger charge is 2.40. The summed E-state index contributed by atoms with van der Waals surface area (Å²) >= 11 is 0. The van der Waals surface area contributed by atoms with Crippen LogP contribution in [0.1, 0.15) is 79.0 Å². The van der Waals surface area contributed by atoms with E-state index in [-0.39, 0.29) is 24.2 Å². The monoisotopic (exact) mass is 583 g/mol. The number of methoxy groups -OCH3 is 1. The highest BCUT2D eigenvalue weighted by atomic mass is 16.6. The van der Waals surface area contributed by atoms with Gasteiger partial charge in [0, 0.05) is 24.2 Å². The maximum Gasteiger partial charge on any atom is 0.411 e. The molecule has 226 valence electrons. The van der Waals surface area contributed by atoms with E-state index in [1.807, 2.05) is 13.0 Å². The van der Waals surface area contributed by atoms with Gasteiger partial charge in [-0.2, -0.15) is 0 Å². The molecule has 2 aliphatic heterocycles. The van der Waals surface area contributed by atoms with E-state index in [2.05, 4.69) is 61.2 Å². The van der Waals surface area contributed by atoms with Crippen LogP contribution in [-0.2, 0) is 16.1 Å². The molecule has 8 nitrogen and oxygen atoms in total. The minimum absolute atomic E-state index is 0.173. The standard InChI is InChI=1S/C35H41N3O5/c1-21-16-22(2)18-27(17-21)33-23(3)38(35(41)43-33)20-30-28(11-13-32(36-30)37-14-5-15-37)29-19-26(10-12-31(29)42-4)24-6-8-25(9-7-24)34(39)40/h10-13,16-19,23-25,33H,5-9,14-15,20H2,1-4H3,(H,39,40)/t23-,24?,25?,33-/m0/s1. The lowest BCUT2D eigenvalue weighted by atomic mass is 9.78. The van der Waals surface area contributed by atoms with E-state index in [1.165, 1.54) is 5.56 Å². The van der Waals surface area contributed by atoms with Gasteiger partial charge in [0.2, 0.25) is 0 Å². The topological polar surface area (TPSA) is 92.2 Å². The van der Waals surface area contributed by atoms with Gasteiger partial charge in [-0.25, -0.2) is 9.78 Å². The highest BCUT2D eigenvalue weighted by Crippen LogP contribution is 2.42. The second-order valence-corrected chi connectivity index (χ2v) is 12.4. The van der Waals surface area contributed by atoms with Crippen LogP contribution in [0.3, 0.4) is 0 Å². The summed E-state index contributed by atoms with van der Waals surface area (Å²) in [6, 6.07) is 16.6. The number of hydrogen-bond donors (Lipinski definition) is 1. The summed E-state index contributed by atoms with van der Waals surface area (Å²) < 4.78 is 11.8. The number of pyridine rings is 1. The van der Waals surface area contributed by atoms with Gasteiger partial charge in [0.05, 0.1) is 31.3 Å². The van der Waals surface area contributed by atoms with E-state index in [9.17, 15) is 14.7 Å². The van der Waals surface area contributed by atoms with Gasteiger partial charge in [0.25, 0.3) is 0 Å². The predicted octanol–water partition coefficient (Wildman–Crippen LogP) is 7.02. The van der Waals surface area contributed by atoms with Crippen molar-refractivity contribution in [1.29, 1.82) is 0 Å². The van der Waals surface area contributed by atoms with Gasteiger partial charge in [-0.1, -0.05) is 35.4 Å². The first-order valence-electron chi connectivity index (χ1n) is 15.4. The number of aryl methyl sites for hydroxylation is 2. The maximum atomic E-state index is 13.3. The lowest BCUT2D eigenvalue weighted by molar-refractivity contribution is -0.142. The predicted molar refractivity (Wildman–Crippen MR) is 166 cm³/mol. The molecule has 6 rings (SSSR count). The first-order valence-corrected chi connectivity index (χ1v) is 15.4. The summed E-state index contributed by atoms with van der Waals surface area (Å²) in [5.41, 5.74) is 7.15. The van der Waals surface area contributed by atoms with Crippen LogP contribution in [0, 0.1) is 19.8 Å². The van der Waals surface area contributed by atoms with Gasteiger partial charge in [0.1, 0.15) is 17.7 Å². The number of cyclic esters (lactones) is 1. The lowest BCUT2D eigenvalue weighted by Gasteiger charge is -2.33. The molecule has 3 aliphatic rings. The van der Waals surface area contributed by atoms with Gasteiger partial charge in [0.15, 0.2) is 0 Å². The second-order valence-electron chi connectivity index (χ2n) is 12.4. The summed E-state index contributed by atoms with van der Waals surface area (Å²) in [5, 5.41) is 9.47. The number of benzene rings is 2. The SMILES string of the molecule is COc1ccc(C2CCC(C(=O)O)CC2)cc1-c1ccc(N2CCC2)nc1CN1C(=O)O[C@H](c2cc(C)cc(C)c2)[C@@H]1C. The fourth-order valence-corrected chi connectivity index (χ4v) is 6.94. The number of carboxylic acid groups (broad SMARTS) is 1. The van der Waals surface area contributed by atoms with E-state index in [0.717, 1.165) is 77.4 Å². The van der Waals surface area contributed by atoms with E-state index in [0.29, 0.717) is 25.3 Å². The third-order valence-corrected chi connectivity index (χ3v) is 9.49. The molecule has 3 heterocycles. The molecule has 43 heavy (non-hydrogen) atoms. The van der Waals surface area contributed by atoms with E-state index in [4.69, 9.17) is 14.5 Å². The summed E-state index contributed by atoms with van der Waals surface area (Å²) in [4.78, 5) is 34.0. The molecule has 0 radical (unpaired) electrons. The zero-order chi connectivity index (χ0) is 30.2. The van der Waals surface area contributed by atoms with Crippen LogP contribution in [0.25, 0.3) is 11.1 Å². The fourth-order valence-electron chi connectivity index (χ4n) is 6.94. The summed E-state index contributed by atoms with van der Waals surface area (Å²) in [6.45, 7) is 8.43. The largest absolute Gasteiger partial charge is 0.496 e. The van der Waals surface area contributed by atoms with Gasteiger partial charge in [-0.3, -0.25) is 9.69 Å². The summed E-state index contributed by atoms with van der Waals surface area (Å²) in [5.74, 6) is 1.00. The molecule has 0 unspecified atom stereocenters. The van der Waals surface area contributed by atoms with Gasteiger partial charge in [-0.05, 0) is 94.2 Å². The second kappa shape index (κ2) is 11.9. The smallest absolute Gasteiger partial charge is 0.411 e. The van der Waals surface area contributed by atoms with E-state index < -0.39 is 5.97 Å². The molecule has 8 heteroatoms. The number of aliphatic carboxylic acids is 1. The molecule has 0 bridgehead atoms. The summed E-state index contributed by atoms with van der Waals surface area (Å²) in [7, 11) is 1.67. The van der Waals surface area contributed by atoms with Crippen molar-refractivity contribution in [2.24, 2.45) is 5.92 Å². The Morgan fingerprint density at radius 1 is 0.977 bits per heavy atom. The third kappa shape index (κ3) is 5.79. The first kappa shape index (κ1) is 29.0. The highest BCUT2D eigenvalue weighted by molar-refractivity contribution is 5.76. The lowest BCUT2D eigenvalue weighted by Crippen LogP contribution is -2.38. The Kier molecular flexibility index (Phi) is 8.03. The van der Waals surface area contributed by atoms with Crippen molar-refractivity contribution < 1.29 is 24.2 Å². The molecule has 2 atom stereocenters. The van der Waals surface area contributed by atoms with Crippen LogP contribution in [0.2, 0.25) is 0 Å². The van der Waals surface area contributed by atoms with Crippen LogP contribution >= 0.6 is 0 Å². The Morgan fingerprint density at radius 2 is 1.70 bits per heavy atom. The fraction of sp³-hybridized carbons (Fsp3) is 0.457. The average Bonchev–Trinajstić information content (AvgIpc) is 3.24. The quantitative estimate of drug-likeness (QED) is 0.305. The number of rotatable bonds is 8. The van der Waals surface area contributed by atoms with Crippen LogP contribution in [0.4, 0.5) is 10.6 Å². The molecular weight excluding hydrogens is 542 g/mol. The maximum absolute atomic E-state index is 13.3. The van der Waals surface area contributed by atoms with Gasteiger partial charge < -0.3 is 19.5 Å². The average molecular weight is 584 g/mol. The molecule has 1 aromatic heterocycles. The van der Waals surface area contributed by atoms with Crippen LogP contribution in [0.5, 0.6) is 5.75 Å². The van der Waals surface area contributed by atoms with Crippen molar-refractivity contribution in [2.45, 2.75) is 77.5 Å². The van der Waals surface area contributed by atoms with Crippen LogP contribution in [-0.4, -0.2) is 53.3 Å². The Balaban J connectivity index is 1.34. The normalized spacial score (nSPS) is 23.6. The van der Waals surface area contributed by atoms with Crippen LogP contribution in [0.15, 0.2) is 48.5 Å². The first-order chi connectivity index (χ1) is 20.7. The van der Waals surface area contributed by atoms with Crippen LogP contribution < -0.4 is 9.64 Å². The molecule has 3 fully saturated rings. The number of carbonyl (C=O) groups excluding carboxylic acids is 1. The minimum Gasteiger partial charge on any atom is -0.496 e.